The predicted molar refractivity (Wildman–Crippen MR) is 112 cm³/mol. The van der Waals surface area contributed by atoms with Gasteiger partial charge in [-0.2, -0.15) is 30.4 Å². The second-order valence-electron chi connectivity index (χ2n) is 7.55. The molecule has 0 atom stereocenters. The zero-order chi connectivity index (χ0) is 27.6. The van der Waals surface area contributed by atoms with E-state index in [2.05, 4.69) is 4.18 Å². The van der Waals surface area contributed by atoms with Crippen LogP contribution in [0.1, 0.15) is 15.9 Å². The molecule has 2 aromatic carbocycles. The monoisotopic (exact) mass is 550 g/mol. The summed E-state index contributed by atoms with van der Waals surface area (Å²) in [7, 11) is -6.56. The van der Waals surface area contributed by atoms with E-state index in [1.54, 1.807) is 0 Å². The number of hydrogen-bond acceptors (Lipinski definition) is 6. The number of carboxylic acids is 1. The first-order valence-corrected chi connectivity index (χ1v) is 11.1. The molecule has 0 amide bonds. The highest BCUT2D eigenvalue weighted by Gasteiger charge is 2.49. The van der Waals surface area contributed by atoms with Crippen LogP contribution in [0, 0.1) is 30.2 Å². The van der Waals surface area contributed by atoms with E-state index in [0.717, 1.165) is 18.2 Å². The summed E-state index contributed by atoms with van der Waals surface area (Å²) in [5, 5.41) is 8.52. The van der Waals surface area contributed by atoms with E-state index in [0.29, 0.717) is 12.1 Å². The lowest BCUT2D eigenvalue weighted by Crippen LogP contribution is -2.28. The zero-order valence-corrected chi connectivity index (χ0v) is 18.7. The summed E-state index contributed by atoms with van der Waals surface area (Å²) in [6.45, 7) is 1.33. The maximum atomic E-state index is 15.2. The van der Waals surface area contributed by atoms with Crippen LogP contribution in [0.25, 0.3) is 33.4 Å². The summed E-state index contributed by atoms with van der Waals surface area (Å²) in [4.78, 5) is 23.1. The van der Waals surface area contributed by atoms with Crippen molar-refractivity contribution in [2.75, 3.05) is 0 Å². The van der Waals surface area contributed by atoms with Gasteiger partial charge in [-0.15, -0.1) is 0 Å². The van der Waals surface area contributed by atoms with Gasteiger partial charge in [0.15, 0.2) is 23.0 Å². The number of fused-ring (bicyclic) bond motifs is 2. The van der Waals surface area contributed by atoms with Gasteiger partial charge in [0.05, 0.1) is 5.56 Å². The normalized spacial score (nSPS) is 12.3. The molecule has 0 bridgehead atoms. The summed E-state index contributed by atoms with van der Waals surface area (Å²) in [5.41, 5.74) is -10.3. The van der Waals surface area contributed by atoms with Crippen LogP contribution in [0.4, 0.5) is 30.7 Å². The minimum absolute atomic E-state index is 0.0661. The molecule has 0 spiro atoms. The average Bonchev–Trinajstić information content (AvgIpc) is 2.79. The van der Waals surface area contributed by atoms with Crippen molar-refractivity contribution < 1.29 is 57.7 Å². The van der Waals surface area contributed by atoms with Gasteiger partial charge in [-0.1, -0.05) is 6.07 Å². The van der Waals surface area contributed by atoms with E-state index in [-0.39, 0.29) is 16.7 Å². The molecule has 2 aliphatic rings. The van der Waals surface area contributed by atoms with E-state index >= 15 is 4.39 Å². The Kier molecular flexibility index (Phi) is 5.94. The van der Waals surface area contributed by atoms with Crippen molar-refractivity contribution in [3.8, 4) is 28.2 Å². The third-order valence-electron chi connectivity index (χ3n) is 5.22. The molecule has 15 heteroatoms. The third-order valence-corrected chi connectivity index (χ3v) is 6.18. The van der Waals surface area contributed by atoms with Crippen molar-refractivity contribution in [1.82, 2.24) is 0 Å². The Morgan fingerprint density at radius 2 is 1.62 bits per heavy atom. The molecule has 1 aliphatic carbocycles. The van der Waals surface area contributed by atoms with Gasteiger partial charge in [-0.05, 0) is 42.3 Å². The van der Waals surface area contributed by atoms with Crippen molar-refractivity contribution in [1.29, 1.82) is 0 Å². The summed E-state index contributed by atoms with van der Waals surface area (Å²) in [6.07, 6.45) is 0. The smallest absolute Gasteiger partial charge is 0.478 e. The Hall–Kier alpha value is -4.14. The molecule has 0 radical (unpaired) electrons. The number of aryl methyl sites for hydroxylation is 1. The largest absolute Gasteiger partial charge is 0.534 e. The van der Waals surface area contributed by atoms with Gasteiger partial charge in [-0.25, -0.2) is 13.6 Å². The number of aromatic carboxylic acids is 1. The zero-order valence-electron chi connectivity index (χ0n) is 17.8. The minimum Gasteiger partial charge on any atom is -0.478 e. The molecule has 2 aromatic rings. The topological polar surface area (TPSA) is 111 Å². The number of carbonyl (C=O) groups is 1. The number of hydrogen-bond donors (Lipinski definition) is 1. The summed E-state index contributed by atoms with van der Waals surface area (Å²) in [6, 6.07) is 4.04. The molecule has 0 unspecified atom stereocenters. The Morgan fingerprint density at radius 3 is 2.19 bits per heavy atom. The van der Waals surface area contributed by atoms with Crippen molar-refractivity contribution in [3.63, 3.8) is 0 Å². The second-order valence-corrected chi connectivity index (χ2v) is 9.09. The number of halogens is 7. The fourth-order valence-corrected chi connectivity index (χ4v) is 4.05. The Bertz CT molecular complexity index is 1760. The van der Waals surface area contributed by atoms with E-state index in [1.807, 2.05) is 0 Å². The maximum Gasteiger partial charge on any atom is 0.534 e. The first-order valence-electron chi connectivity index (χ1n) is 9.66. The quantitative estimate of drug-likeness (QED) is 0.158. The first-order chi connectivity index (χ1) is 17.0. The fraction of sp³-hybridized carbons (Fsp3) is 0.0909. The van der Waals surface area contributed by atoms with Crippen LogP contribution in [0.3, 0.4) is 0 Å². The van der Waals surface area contributed by atoms with Gasteiger partial charge in [-0.3, -0.25) is 4.79 Å². The van der Waals surface area contributed by atoms with Gasteiger partial charge in [0.25, 0.3) is 5.43 Å². The van der Waals surface area contributed by atoms with E-state index in [1.165, 1.54) is 6.92 Å². The van der Waals surface area contributed by atoms with Gasteiger partial charge >= 0.3 is 21.6 Å². The second kappa shape index (κ2) is 8.47. The number of alkyl halides is 3. The SMILES string of the molecule is Cc1cc(C(=O)O)ccc1-c1c2cc(F)c(=O)c(F)c-2oc2c(F)c(OS(=O)(=O)C(F)(F)F)c(F)cc12. The predicted octanol–water partition coefficient (Wildman–Crippen LogP) is 5.36. The average molecular weight is 550 g/mol. The van der Waals surface area contributed by atoms with Crippen LogP contribution in [0.15, 0.2) is 39.5 Å². The Labute approximate surface area is 200 Å². The van der Waals surface area contributed by atoms with Crippen molar-refractivity contribution >= 4 is 27.1 Å². The maximum absolute atomic E-state index is 15.2. The number of rotatable bonds is 4. The lowest BCUT2D eigenvalue weighted by molar-refractivity contribution is -0.0501. The molecular formula is C22H9F7O7S. The van der Waals surface area contributed by atoms with Crippen LogP contribution < -0.4 is 9.61 Å². The van der Waals surface area contributed by atoms with Gasteiger partial charge < -0.3 is 13.7 Å². The van der Waals surface area contributed by atoms with Crippen LogP contribution in [0.2, 0.25) is 0 Å². The summed E-state index contributed by atoms with van der Waals surface area (Å²) in [5.74, 6) is -12.2. The van der Waals surface area contributed by atoms with E-state index < -0.39 is 83.9 Å². The van der Waals surface area contributed by atoms with Crippen LogP contribution in [-0.2, 0) is 10.1 Å². The highest BCUT2D eigenvalue weighted by molar-refractivity contribution is 7.88. The Balaban J connectivity index is 2.18. The molecule has 1 N–H and O–H groups in total. The molecule has 1 heterocycles. The minimum atomic E-state index is -6.56. The van der Waals surface area contributed by atoms with Crippen LogP contribution in [0.5, 0.6) is 5.75 Å². The van der Waals surface area contributed by atoms with Crippen LogP contribution >= 0.6 is 0 Å². The molecule has 0 fully saturated rings. The third kappa shape index (κ3) is 4.14. The molecule has 0 aromatic heterocycles. The lowest BCUT2D eigenvalue weighted by Gasteiger charge is -2.19. The van der Waals surface area contributed by atoms with E-state index in [4.69, 9.17) is 4.42 Å². The molecule has 0 saturated carbocycles. The van der Waals surface area contributed by atoms with E-state index in [9.17, 15) is 49.5 Å². The fourth-order valence-electron chi connectivity index (χ4n) is 3.59. The Morgan fingerprint density at radius 1 is 0.973 bits per heavy atom. The highest BCUT2D eigenvalue weighted by atomic mass is 32.2. The summed E-state index contributed by atoms with van der Waals surface area (Å²) >= 11 is 0. The lowest BCUT2D eigenvalue weighted by atomic mass is 9.90. The number of carboxylic acid groups (broad SMARTS) is 1. The van der Waals surface area contributed by atoms with Crippen molar-refractivity contribution in [2.45, 2.75) is 12.4 Å². The molecule has 37 heavy (non-hydrogen) atoms. The standard InChI is InChI=1S/C22H9F7O7S/c1-7-4-8(21(31)32)2-3-9(7)14-10-5-12(23)17(30)15(25)18(10)35-19-11(14)6-13(24)20(16(19)26)36-37(33,34)22(27,28)29/h2-6H,1H3,(H,31,32). The molecule has 0 saturated heterocycles. The molecule has 194 valence electrons. The molecule has 4 rings (SSSR count). The van der Waals surface area contributed by atoms with Crippen molar-refractivity contribution in [3.05, 3.63) is 75.0 Å². The van der Waals surface area contributed by atoms with Crippen LogP contribution in [-0.4, -0.2) is 25.0 Å². The van der Waals surface area contributed by atoms with Gasteiger partial charge in [0.2, 0.25) is 17.4 Å². The molecular weight excluding hydrogens is 541 g/mol. The van der Waals surface area contributed by atoms with Gasteiger partial charge in [0.1, 0.15) is 0 Å². The highest BCUT2D eigenvalue weighted by Crippen LogP contribution is 2.45. The first kappa shape index (κ1) is 25.9. The van der Waals surface area contributed by atoms with Crippen molar-refractivity contribution in [2.24, 2.45) is 0 Å². The molecule has 1 aliphatic heterocycles. The number of benzene rings is 3. The molecule has 7 nitrogen and oxygen atoms in total. The summed E-state index contributed by atoms with van der Waals surface area (Å²) < 4.78 is 128. The van der Waals surface area contributed by atoms with Gasteiger partial charge in [0, 0.05) is 16.5 Å².